The van der Waals surface area contributed by atoms with Crippen molar-refractivity contribution in [2.24, 2.45) is 0 Å². The van der Waals surface area contributed by atoms with Crippen molar-refractivity contribution in [3.05, 3.63) is 65.5 Å². The van der Waals surface area contributed by atoms with Crippen LogP contribution in [0.3, 0.4) is 0 Å². The topological polar surface area (TPSA) is 70.0 Å². The molecule has 0 aliphatic carbocycles. The summed E-state index contributed by atoms with van der Waals surface area (Å²) in [5.74, 6) is -0.854. The van der Waals surface area contributed by atoms with Crippen LogP contribution in [-0.4, -0.2) is 8.42 Å². The molecule has 0 saturated carbocycles. The molecule has 0 radical (unpaired) electrons. The summed E-state index contributed by atoms with van der Waals surface area (Å²) >= 11 is 0. The van der Waals surface area contributed by atoms with E-state index in [1.807, 2.05) is 6.07 Å². The molecule has 6 heteroatoms. The predicted molar refractivity (Wildman–Crippen MR) is 76.3 cm³/mol. The maximum Gasteiger partial charge on any atom is 0.242 e. The number of nitrogens with one attached hydrogen (secondary N) is 1. The van der Waals surface area contributed by atoms with E-state index in [2.05, 4.69) is 4.72 Å². The maximum atomic E-state index is 13.5. The molecule has 2 aromatic rings. The van der Waals surface area contributed by atoms with E-state index in [0.717, 1.165) is 11.6 Å². The first kappa shape index (κ1) is 15.2. The van der Waals surface area contributed by atoms with Crippen LogP contribution in [0.2, 0.25) is 0 Å². The number of nitrogens with zero attached hydrogens (tertiary/aromatic N) is 1. The van der Waals surface area contributed by atoms with Crippen LogP contribution in [0, 0.1) is 17.1 Å². The SMILES string of the molecule is CC(NS(=O)(=O)c1cccc(F)c1C#N)c1ccccc1. The molecule has 0 bridgehead atoms. The average molecular weight is 304 g/mol. The van der Waals surface area contributed by atoms with Gasteiger partial charge in [-0.2, -0.15) is 5.26 Å². The summed E-state index contributed by atoms with van der Waals surface area (Å²) in [6.07, 6.45) is 0. The Balaban J connectivity index is 2.36. The quantitative estimate of drug-likeness (QED) is 0.944. The van der Waals surface area contributed by atoms with Gasteiger partial charge in [-0.1, -0.05) is 36.4 Å². The summed E-state index contributed by atoms with van der Waals surface area (Å²) in [5, 5.41) is 8.93. The van der Waals surface area contributed by atoms with Crippen molar-refractivity contribution in [2.75, 3.05) is 0 Å². The van der Waals surface area contributed by atoms with Crippen molar-refractivity contribution in [3.63, 3.8) is 0 Å². The minimum Gasteiger partial charge on any atom is -0.207 e. The van der Waals surface area contributed by atoms with E-state index < -0.39 is 27.4 Å². The third-order valence-electron chi connectivity index (χ3n) is 3.01. The van der Waals surface area contributed by atoms with E-state index in [1.165, 1.54) is 12.1 Å². The second-order valence-corrected chi connectivity index (χ2v) is 6.16. The minimum atomic E-state index is -3.99. The van der Waals surface area contributed by atoms with Crippen molar-refractivity contribution >= 4 is 10.0 Å². The highest BCUT2D eigenvalue weighted by molar-refractivity contribution is 7.89. The third-order valence-corrected chi connectivity index (χ3v) is 4.59. The number of halogens is 1. The minimum absolute atomic E-state index is 0.354. The summed E-state index contributed by atoms with van der Waals surface area (Å²) in [5.41, 5.74) is 0.293. The molecule has 1 unspecified atom stereocenters. The number of hydrogen-bond acceptors (Lipinski definition) is 3. The van der Waals surface area contributed by atoms with Gasteiger partial charge in [-0.25, -0.2) is 17.5 Å². The first-order chi connectivity index (χ1) is 9.95. The van der Waals surface area contributed by atoms with E-state index in [1.54, 1.807) is 37.3 Å². The van der Waals surface area contributed by atoms with Crippen molar-refractivity contribution in [2.45, 2.75) is 17.9 Å². The molecule has 0 aliphatic heterocycles. The van der Waals surface area contributed by atoms with Gasteiger partial charge in [-0.3, -0.25) is 0 Å². The molecule has 1 atom stereocenters. The Hall–Kier alpha value is -2.23. The molecule has 0 amide bonds. The molecule has 0 aromatic heterocycles. The molecule has 0 fully saturated rings. The molecule has 0 saturated heterocycles. The van der Waals surface area contributed by atoms with Crippen LogP contribution < -0.4 is 4.72 Å². The van der Waals surface area contributed by atoms with Crippen molar-refractivity contribution < 1.29 is 12.8 Å². The largest absolute Gasteiger partial charge is 0.242 e. The zero-order valence-electron chi connectivity index (χ0n) is 11.2. The molecule has 108 valence electrons. The molecule has 2 rings (SSSR count). The van der Waals surface area contributed by atoms with Crippen LogP contribution in [0.5, 0.6) is 0 Å². The van der Waals surface area contributed by atoms with Crippen LogP contribution in [0.15, 0.2) is 53.4 Å². The van der Waals surface area contributed by atoms with Gasteiger partial charge < -0.3 is 0 Å². The lowest BCUT2D eigenvalue weighted by Gasteiger charge is -2.15. The lowest BCUT2D eigenvalue weighted by atomic mass is 10.1. The standard InChI is InChI=1S/C15H13FN2O2S/c1-11(12-6-3-2-4-7-12)18-21(19,20)15-9-5-8-14(16)13(15)10-17/h2-9,11,18H,1H3. The van der Waals surface area contributed by atoms with Gasteiger partial charge in [0.1, 0.15) is 22.3 Å². The number of rotatable bonds is 4. The average Bonchev–Trinajstić information content (AvgIpc) is 2.47. The Morgan fingerprint density at radius 2 is 1.81 bits per heavy atom. The van der Waals surface area contributed by atoms with E-state index in [0.29, 0.717) is 0 Å². The molecule has 4 nitrogen and oxygen atoms in total. The van der Waals surface area contributed by atoms with E-state index in [9.17, 15) is 12.8 Å². The normalized spacial score (nSPS) is 12.6. The van der Waals surface area contributed by atoms with Crippen LogP contribution in [-0.2, 0) is 10.0 Å². The van der Waals surface area contributed by atoms with Gasteiger partial charge in [-0.05, 0) is 24.6 Å². The summed E-state index contributed by atoms with van der Waals surface area (Å²) in [6.45, 7) is 1.68. The molecule has 0 spiro atoms. The Labute approximate surface area is 122 Å². The monoisotopic (exact) mass is 304 g/mol. The number of hydrogen-bond donors (Lipinski definition) is 1. The van der Waals surface area contributed by atoms with E-state index in [4.69, 9.17) is 5.26 Å². The Bertz CT molecular complexity index is 783. The van der Waals surface area contributed by atoms with Gasteiger partial charge in [0.25, 0.3) is 0 Å². The van der Waals surface area contributed by atoms with Gasteiger partial charge >= 0.3 is 0 Å². The molecule has 0 aliphatic rings. The molecular weight excluding hydrogens is 291 g/mol. The number of benzene rings is 2. The Kier molecular flexibility index (Phi) is 4.36. The van der Waals surface area contributed by atoms with Crippen molar-refractivity contribution in [1.82, 2.24) is 4.72 Å². The molecule has 1 N–H and O–H groups in total. The lowest BCUT2D eigenvalue weighted by Crippen LogP contribution is -2.27. The van der Waals surface area contributed by atoms with Crippen LogP contribution >= 0.6 is 0 Å². The molecule has 21 heavy (non-hydrogen) atoms. The second kappa shape index (κ2) is 6.04. The van der Waals surface area contributed by atoms with Crippen LogP contribution in [0.1, 0.15) is 24.1 Å². The molecular formula is C15H13FN2O2S. The van der Waals surface area contributed by atoms with Crippen molar-refractivity contribution in [1.29, 1.82) is 5.26 Å². The van der Waals surface area contributed by atoms with Gasteiger partial charge in [0.2, 0.25) is 10.0 Å². The number of nitriles is 1. The number of sulfonamides is 1. The van der Waals surface area contributed by atoms with Gasteiger partial charge in [0.05, 0.1) is 0 Å². The highest BCUT2D eigenvalue weighted by Gasteiger charge is 2.23. The lowest BCUT2D eigenvalue weighted by molar-refractivity contribution is 0.563. The van der Waals surface area contributed by atoms with Crippen LogP contribution in [0.4, 0.5) is 4.39 Å². The van der Waals surface area contributed by atoms with Crippen LogP contribution in [0.25, 0.3) is 0 Å². The fourth-order valence-electron chi connectivity index (χ4n) is 1.94. The fourth-order valence-corrected chi connectivity index (χ4v) is 3.34. The summed E-state index contributed by atoms with van der Waals surface area (Å²) in [7, 11) is -3.99. The van der Waals surface area contributed by atoms with Gasteiger partial charge in [0, 0.05) is 6.04 Å². The summed E-state index contributed by atoms with van der Waals surface area (Å²) in [4.78, 5) is -0.354. The van der Waals surface area contributed by atoms with Crippen molar-refractivity contribution in [3.8, 4) is 6.07 Å². The summed E-state index contributed by atoms with van der Waals surface area (Å²) in [6, 6.07) is 13.6. The first-order valence-electron chi connectivity index (χ1n) is 6.21. The maximum absolute atomic E-state index is 13.5. The van der Waals surface area contributed by atoms with Gasteiger partial charge in [0.15, 0.2) is 0 Å². The molecule has 2 aromatic carbocycles. The predicted octanol–water partition coefficient (Wildman–Crippen LogP) is 2.74. The third kappa shape index (κ3) is 3.27. The Morgan fingerprint density at radius 3 is 2.43 bits per heavy atom. The summed E-state index contributed by atoms with van der Waals surface area (Å²) < 4.78 is 40.6. The first-order valence-corrected chi connectivity index (χ1v) is 7.70. The zero-order valence-corrected chi connectivity index (χ0v) is 12.1. The fraction of sp³-hybridized carbons (Fsp3) is 0.133. The Morgan fingerprint density at radius 1 is 1.14 bits per heavy atom. The highest BCUT2D eigenvalue weighted by Crippen LogP contribution is 2.21. The van der Waals surface area contributed by atoms with Gasteiger partial charge in [-0.15, -0.1) is 0 Å². The van der Waals surface area contributed by atoms with E-state index in [-0.39, 0.29) is 4.90 Å². The zero-order chi connectivity index (χ0) is 15.5. The highest BCUT2D eigenvalue weighted by atomic mass is 32.2. The molecule has 0 heterocycles. The second-order valence-electron chi connectivity index (χ2n) is 4.48. The van der Waals surface area contributed by atoms with E-state index >= 15 is 0 Å². The smallest absolute Gasteiger partial charge is 0.207 e.